The molecule has 0 spiro atoms. The highest BCUT2D eigenvalue weighted by Crippen LogP contribution is 2.29. The van der Waals surface area contributed by atoms with E-state index in [2.05, 4.69) is 42.5 Å². The van der Waals surface area contributed by atoms with Crippen LogP contribution in [-0.2, 0) is 22.4 Å². The van der Waals surface area contributed by atoms with E-state index in [4.69, 9.17) is 4.74 Å². The van der Waals surface area contributed by atoms with Gasteiger partial charge >= 0.3 is 0 Å². The van der Waals surface area contributed by atoms with Gasteiger partial charge in [0.1, 0.15) is 5.82 Å². The van der Waals surface area contributed by atoms with Gasteiger partial charge in [0.2, 0.25) is 5.91 Å². The average molecular weight is 604 g/mol. The van der Waals surface area contributed by atoms with Crippen LogP contribution in [0.3, 0.4) is 0 Å². The molecular formula is C27H25Br2FN2O3. The molecule has 3 aromatic rings. The van der Waals surface area contributed by atoms with Crippen LogP contribution in [0.4, 0.5) is 10.1 Å². The minimum atomic E-state index is -0.450. The van der Waals surface area contributed by atoms with Gasteiger partial charge in [-0.1, -0.05) is 50.1 Å². The van der Waals surface area contributed by atoms with Gasteiger partial charge in [-0.3, -0.25) is 9.59 Å². The summed E-state index contributed by atoms with van der Waals surface area (Å²) in [6, 6.07) is 19.0. The fourth-order valence-electron chi connectivity index (χ4n) is 4.17. The van der Waals surface area contributed by atoms with Crippen LogP contribution >= 0.6 is 31.9 Å². The van der Waals surface area contributed by atoms with Crippen LogP contribution < -0.4 is 10.6 Å². The zero-order chi connectivity index (χ0) is 24.8. The normalized spacial score (nSPS) is 14.8. The lowest BCUT2D eigenvalue weighted by molar-refractivity contribution is -0.123. The first kappa shape index (κ1) is 25.5. The summed E-state index contributed by atoms with van der Waals surface area (Å²) in [5.41, 5.74) is 2.55. The number of carbonyl (C=O) groups is 2. The number of halogens is 3. The van der Waals surface area contributed by atoms with Crippen molar-refractivity contribution < 1.29 is 18.7 Å². The Labute approximate surface area is 220 Å². The second kappa shape index (κ2) is 11.5. The van der Waals surface area contributed by atoms with E-state index >= 15 is 0 Å². The van der Waals surface area contributed by atoms with E-state index in [1.54, 1.807) is 30.3 Å². The Morgan fingerprint density at radius 3 is 2.29 bits per heavy atom. The van der Waals surface area contributed by atoms with Gasteiger partial charge in [-0.05, 0) is 78.9 Å². The first-order valence-corrected chi connectivity index (χ1v) is 12.9. The van der Waals surface area contributed by atoms with Gasteiger partial charge in [-0.25, -0.2) is 4.39 Å². The highest BCUT2D eigenvalue weighted by molar-refractivity contribution is 9.10. The highest BCUT2D eigenvalue weighted by Gasteiger charge is 2.34. The maximum Gasteiger partial charge on any atom is 0.255 e. The maximum absolute atomic E-state index is 13.5. The monoisotopic (exact) mass is 602 g/mol. The molecule has 1 aliphatic heterocycles. The Kier molecular flexibility index (Phi) is 8.36. The van der Waals surface area contributed by atoms with E-state index in [1.165, 1.54) is 12.1 Å². The molecule has 0 aliphatic carbocycles. The van der Waals surface area contributed by atoms with E-state index in [0.29, 0.717) is 48.2 Å². The lowest BCUT2D eigenvalue weighted by atomic mass is 9.83. The number of ether oxygens (including phenoxy) is 1. The van der Waals surface area contributed by atoms with Crippen molar-refractivity contribution >= 4 is 49.4 Å². The molecule has 5 nitrogen and oxygen atoms in total. The molecule has 3 aromatic carbocycles. The third kappa shape index (κ3) is 6.99. The van der Waals surface area contributed by atoms with Gasteiger partial charge in [0.25, 0.3) is 5.91 Å². The topological polar surface area (TPSA) is 67.4 Å². The average Bonchev–Trinajstić information content (AvgIpc) is 2.83. The van der Waals surface area contributed by atoms with Crippen molar-refractivity contribution in [2.24, 2.45) is 0 Å². The maximum atomic E-state index is 13.5. The molecule has 1 saturated heterocycles. The van der Waals surface area contributed by atoms with Crippen LogP contribution in [-0.4, -0.2) is 30.6 Å². The Balaban J connectivity index is 1.38. The predicted octanol–water partition coefficient (Wildman–Crippen LogP) is 6.05. The molecule has 35 heavy (non-hydrogen) atoms. The molecule has 0 radical (unpaired) electrons. The molecule has 4 rings (SSSR count). The molecule has 8 heteroatoms. The van der Waals surface area contributed by atoms with E-state index in [-0.39, 0.29) is 24.1 Å². The van der Waals surface area contributed by atoms with E-state index in [0.717, 1.165) is 15.6 Å². The third-order valence-electron chi connectivity index (χ3n) is 6.08. The van der Waals surface area contributed by atoms with Crippen molar-refractivity contribution in [2.75, 3.05) is 18.5 Å². The molecule has 0 atom stereocenters. The lowest BCUT2D eigenvalue weighted by Crippen LogP contribution is -2.54. The van der Waals surface area contributed by atoms with Crippen LogP contribution in [0.2, 0.25) is 0 Å². The summed E-state index contributed by atoms with van der Waals surface area (Å²) in [7, 11) is 0. The SMILES string of the molecule is O=C(Cc1ccc(NC(=O)c2ccc(Br)cc2)cc1)NC1(Cc2ccc(F)cc2Br)CCOCC1. The van der Waals surface area contributed by atoms with Gasteiger partial charge in [0.05, 0.1) is 6.42 Å². The van der Waals surface area contributed by atoms with Crippen LogP contribution in [0.1, 0.15) is 34.3 Å². The van der Waals surface area contributed by atoms with Gasteiger partial charge in [-0.15, -0.1) is 0 Å². The molecule has 0 saturated carbocycles. The number of anilines is 1. The molecule has 2 N–H and O–H groups in total. The Morgan fingerprint density at radius 2 is 1.63 bits per heavy atom. The van der Waals surface area contributed by atoms with Crippen molar-refractivity contribution in [1.29, 1.82) is 0 Å². The number of benzene rings is 3. The Hall–Kier alpha value is -2.55. The molecule has 2 amide bonds. The van der Waals surface area contributed by atoms with Crippen molar-refractivity contribution in [3.05, 3.63) is 98.2 Å². The van der Waals surface area contributed by atoms with E-state index in [9.17, 15) is 14.0 Å². The summed E-state index contributed by atoms with van der Waals surface area (Å²) in [5, 5.41) is 6.10. The number of hydrogen-bond donors (Lipinski definition) is 2. The largest absolute Gasteiger partial charge is 0.381 e. The molecule has 0 aromatic heterocycles. The van der Waals surface area contributed by atoms with Gasteiger partial charge in [-0.2, -0.15) is 0 Å². The Bertz CT molecular complexity index is 1190. The number of rotatable bonds is 7. The molecule has 0 bridgehead atoms. The predicted molar refractivity (Wildman–Crippen MR) is 141 cm³/mol. The second-order valence-corrected chi connectivity index (χ2v) is 10.5. The van der Waals surface area contributed by atoms with Crippen molar-refractivity contribution in [1.82, 2.24) is 5.32 Å². The minimum absolute atomic E-state index is 0.0863. The molecule has 1 heterocycles. The first-order chi connectivity index (χ1) is 16.8. The smallest absolute Gasteiger partial charge is 0.255 e. The standard InChI is InChI=1S/C27H25Br2FN2O3/c28-21-6-3-19(4-7-21)26(34)31-23-9-1-18(2-10-23)15-25(33)32-27(11-13-35-14-12-27)17-20-5-8-22(30)16-24(20)29/h1-10,16H,11-15,17H2,(H,31,34)(H,32,33). The lowest BCUT2D eigenvalue weighted by Gasteiger charge is -2.38. The molecule has 1 fully saturated rings. The minimum Gasteiger partial charge on any atom is -0.381 e. The molecule has 182 valence electrons. The van der Waals surface area contributed by atoms with Crippen LogP contribution in [0.15, 0.2) is 75.7 Å². The summed E-state index contributed by atoms with van der Waals surface area (Å²) < 4.78 is 20.7. The zero-order valence-electron chi connectivity index (χ0n) is 19.0. The van der Waals surface area contributed by atoms with Crippen molar-refractivity contribution in [3.63, 3.8) is 0 Å². The number of hydrogen-bond acceptors (Lipinski definition) is 3. The van der Waals surface area contributed by atoms with Gasteiger partial charge < -0.3 is 15.4 Å². The molecular weight excluding hydrogens is 579 g/mol. The summed E-state index contributed by atoms with van der Waals surface area (Å²) >= 11 is 6.80. The van der Waals surface area contributed by atoms with E-state index < -0.39 is 5.54 Å². The fraction of sp³-hybridized carbons (Fsp3) is 0.259. The Morgan fingerprint density at radius 1 is 0.943 bits per heavy atom. The first-order valence-electron chi connectivity index (χ1n) is 11.3. The summed E-state index contributed by atoms with van der Waals surface area (Å²) in [5.74, 6) is -0.588. The van der Waals surface area contributed by atoms with Crippen molar-refractivity contribution in [2.45, 2.75) is 31.2 Å². The van der Waals surface area contributed by atoms with Crippen LogP contribution in [0, 0.1) is 5.82 Å². The number of amides is 2. The summed E-state index contributed by atoms with van der Waals surface area (Å²) in [6.45, 7) is 1.12. The zero-order valence-corrected chi connectivity index (χ0v) is 22.1. The molecule has 0 unspecified atom stereocenters. The van der Waals surface area contributed by atoms with Crippen molar-refractivity contribution in [3.8, 4) is 0 Å². The third-order valence-corrected chi connectivity index (χ3v) is 7.35. The van der Waals surface area contributed by atoms with E-state index in [1.807, 2.05) is 24.3 Å². The fourth-order valence-corrected chi connectivity index (χ4v) is 4.93. The van der Waals surface area contributed by atoms with Crippen LogP contribution in [0.25, 0.3) is 0 Å². The summed E-state index contributed by atoms with van der Waals surface area (Å²) in [6.07, 6.45) is 2.17. The highest BCUT2D eigenvalue weighted by atomic mass is 79.9. The quantitative estimate of drug-likeness (QED) is 0.345. The molecule has 1 aliphatic rings. The van der Waals surface area contributed by atoms with Gasteiger partial charge in [0.15, 0.2) is 0 Å². The van der Waals surface area contributed by atoms with Crippen LogP contribution in [0.5, 0.6) is 0 Å². The summed E-state index contributed by atoms with van der Waals surface area (Å²) in [4.78, 5) is 25.4. The second-order valence-electron chi connectivity index (χ2n) is 8.69. The number of nitrogens with one attached hydrogen (secondary N) is 2. The number of carbonyl (C=O) groups excluding carboxylic acids is 2. The van der Waals surface area contributed by atoms with Gasteiger partial charge in [0, 0.05) is 38.9 Å².